The maximum absolute atomic E-state index is 12.2. The van der Waals surface area contributed by atoms with Gasteiger partial charge in [0.25, 0.3) is 11.2 Å². The molecule has 1 aromatic heterocycles. The maximum atomic E-state index is 12.2. The molecule has 0 saturated carbocycles. The van der Waals surface area contributed by atoms with Gasteiger partial charge in [-0.2, -0.15) is 0 Å². The van der Waals surface area contributed by atoms with Crippen LogP contribution in [-0.4, -0.2) is 14.8 Å². The van der Waals surface area contributed by atoms with E-state index in [-0.39, 0.29) is 16.2 Å². The highest BCUT2D eigenvalue weighted by molar-refractivity contribution is 6.33. The van der Waals surface area contributed by atoms with E-state index in [1.54, 1.807) is 24.3 Å². The second-order valence-corrected chi connectivity index (χ2v) is 4.45. The molecule has 0 aliphatic heterocycles. The molecule has 0 aliphatic rings. The monoisotopic (exact) mass is 290 g/mol. The predicted octanol–water partition coefficient (Wildman–Crippen LogP) is 2.22. The van der Waals surface area contributed by atoms with Crippen LogP contribution in [0.25, 0.3) is 16.7 Å². The van der Waals surface area contributed by atoms with Gasteiger partial charge >= 0.3 is 0 Å². The van der Waals surface area contributed by atoms with Crippen LogP contribution in [0, 0.1) is 15.3 Å². The Kier molecular flexibility index (Phi) is 2.76. The molecule has 1 heterocycles. The third-order valence-corrected chi connectivity index (χ3v) is 3.11. The molecule has 0 N–H and O–H groups in total. The normalized spacial score (nSPS) is 10.8. The van der Waals surface area contributed by atoms with E-state index >= 15 is 0 Å². The van der Waals surface area contributed by atoms with Gasteiger partial charge in [0.15, 0.2) is 0 Å². The third-order valence-electron chi connectivity index (χ3n) is 2.81. The Bertz CT molecular complexity index is 816. The molecule has 0 bridgehead atoms. The average molecular weight is 291 g/mol. The molecule has 0 unspecified atom stereocenters. The van der Waals surface area contributed by atoms with E-state index in [2.05, 4.69) is 5.10 Å². The maximum Gasteiger partial charge on any atom is 0.292 e. The fourth-order valence-corrected chi connectivity index (χ4v) is 2.11. The number of aromatic nitrogens is 3. The van der Waals surface area contributed by atoms with Gasteiger partial charge in [-0.05, 0) is 16.9 Å². The van der Waals surface area contributed by atoms with Crippen molar-refractivity contribution < 1.29 is 9.77 Å². The SMILES string of the molecule is O=[N+]([O-])c1cc2c(cc1Cl)nn(-c1ccccc1)[n+]2[O-]. The molecule has 20 heavy (non-hydrogen) atoms. The highest BCUT2D eigenvalue weighted by atomic mass is 35.5. The lowest BCUT2D eigenvalue weighted by Gasteiger charge is -2.03. The predicted molar refractivity (Wildman–Crippen MR) is 71.7 cm³/mol. The number of nitrogens with zero attached hydrogens (tertiary/aromatic N) is 4. The first-order valence-corrected chi connectivity index (χ1v) is 5.97. The molecular weight excluding hydrogens is 284 g/mol. The lowest BCUT2D eigenvalue weighted by Crippen LogP contribution is -2.37. The summed E-state index contributed by atoms with van der Waals surface area (Å²) in [7, 11) is 0. The van der Waals surface area contributed by atoms with Crippen molar-refractivity contribution in [2.45, 2.75) is 0 Å². The lowest BCUT2D eigenvalue weighted by atomic mass is 10.3. The summed E-state index contributed by atoms with van der Waals surface area (Å²) >= 11 is 5.80. The molecule has 3 rings (SSSR count). The van der Waals surface area contributed by atoms with Crippen molar-refractivity contribution in [3.63, 3.8) is 0 Å². The Labute approximate surface area is 117 Å². The Balaban J connectivity index is 2.28. The fourth-order valence-electron chi connectivity index (χ4n) is 1.88. The summed E-state index contributed by atoms with van der Waals surface area (Å²) in [5.41, 5.74) is 0.609. The van der Waals surface area contributed by atoms with Crippen LogP contribution in [0.4, 0.5) is 5.69 Å². The van der Waals surface area contributed by atoms with Crippen LogP contribution in [-0.2, 0) is 0 Å². The van der Waals surface area contributed by atoms with Crippen molar-refractivity contribution in [1.29, 1.82) is 0 Å². The molecule has 0 saturated heterocycles. The summed E-state index contributed by atoms with van der Waals surface area (Å²) in [6, 6.07) is 11.2. The second kappa shape index (κ2) is 4.46. The molecule has 3 aromatic rings. The highest BCUT2D eigenvalue weighted by Crippen LogP contribution is 2.27. The van der Waals surface area contributed by atoms with Crippen molar-refractivity contribution in [3.8, 4) is 5.69 Å². The summed E-state index contributed by atoms with van der Waals surface area (Å²) in [5, 5.41) is 27.1. The molecule has 0 fully saturated rings. The van der Waals surface area contributed by atoms with Crippen LogP contribution in [0.5, 0.6) is 0 Å². The zero-order valence-corrected chi connectivity index (χ0v) is 10.7. The van der Waals surface area contributed by atoms with Crippen LogP contribution in [0.1, 0.15) is 0 Å². The molecule has 0 spiro atoms. The van der Waals surface area contributed by atoms with Crippen LogP contribution >= 0.6 is 11.6 Å². The molecule has 2 aromatic carbocycles. The van der Waals surface area contributed by atoms with Crippen molar-refractivity contribution in [1.82, 2.24) is 9.90 Å². The fraction of sp³-hybridized carbons (Fsp3) is 0. The molecule has 0 atom stereocenters. The van der Waals surface area contributed by atoms with Crippen LogP contribution < -0.4 is 4.85 Å². The van der Waals surface area contributed by atoms with E-state index in [9.17, 15) is 15.3 Å². The van der Waals surface area contributed by atoms with Crippen LogP contribution in [0.15, 0.2) is 42.5 Å². The number of nitro groups is 1. The van der Waals surface area contributed by atoms with Gasteiger partial charge in [0.05, 0.1) is 16.1 Å². The minimum Gasteiger partial charge on any atom is -0.692 e. The molecule has 7 nitrogen and oxygen atoms in total. The van der Waals surface area contributed by atoms with Gasteiger partial charge in [-0.25, -0.2) is 0 Å². The molecule has 0 radical (unpaired) electrons. The van der Waals surface area contributed by atoms with E-state index in [1.165, 1.54) is 6.07 Å². The standard InChI is InChI=1S/C12H7ClN4O3/c13-9-6-10-12(7-11(9)17(19)20)16(18)15(14-10)8-4-2-1-3-5-8/h1-7H. The summed E-state index contributed by atoms with van der Waals surface area (Å²) in [5.74, 6) is 0. The first-order chi connectivity index (χ1) is 9.58. The van der Waals surface area contributed by atoms with Crippen molar-refractivity contribution in [3.05, 3.63) is 62.8 Å². The van der Waals surface area contributed by atoms with Gasteiger partial charge in [-0.1, -0.05) is 29.8 Å². The quantitative estimate of drug-likeness (QED) is 0.313. The Morgan fingerprint density at radius 3 is 2.60 bits per heavy atom. The van der Waals surface area contributed by atoms with E-state index in [0.717, 1.165) is 10.9 Å². The van der Waals surface area contributed by atoms with Crippen molar-refractivity contribution >= 4 is 28.3 Å². The minimum absolute atomic E-state index is 0.0548. The number of nitro benzene ring substituents is 1. The highest BCUT2D eigenvalue weighted by Gasteiger charge is 2.23. The van der Waals surface area contributed by atoms with Gasteiger partial charge in [0, 0.05) is 6.07 Å². The van der Waals surface area contributed by atoms with Crippen LogP contribution in [0.3, 0.4) is 0 Å². The largest absolute Gasteiger partial charge is 0.692 e. The van der Waals surface area contributed by atoms with Gasteiger partial charge in [0.2, 0.25) is 5.52 Å². The first-order valence-electron chi connectivity index (χ1n) is 5.60. The number of hydrogen-bond donors (Lipinski definition) is 0. The van der Waals surface area contributed by atoms with E-state index < -0.39 is 4.92 Å². The molecular formula is C12H7ClN4O3. The van der Waals surface area contributed by atoms with E-state index in [4.69, 9.17) is 11.6 Å². The average Bonchev–Trinajstić information content (AvgIpc) is 2.75. The molecule has 0 amide bonds. The van der Waals surface area contributed by atoms with E-state index in [1.807, 2.05) is 6.07 Å². The molecule has 100 valence electrons. The molecule has 0 aliphatic carbocycles. The zero-order valence-electron chi connectivity index (χ0n) is 9.93. The van der Waals surface area contributed by atoms with Gasteiger partial charge in [-0.15, -0.1) is 4.85 Å². The smallest absolute Gasteiger partial charge is 0.292 e. The van der Waals surface area contributed by atoms with Gasteiger partial charge < -0.3 is 5.21 Å². The Hall–Kier alpha value is -2.67. The lowest BCUT2D eigenvalue weighted by molar-refractivity contribution is -0.664. The Morgan fingerprint density at radius 1 is 1.25 bits per heavy atom. The van der Waals surface area contributed by atoms with Crippen LogP contribution in [0.2, 0.25) is 5.02 Å². The summed E-state index contributed by atoms with van der Waals surface area (Å²) in [4.78, 5) is 11.8. The third kappa shape index (κ3) is 1.84. The summed E-state index contributed by atoms with van der Waals surface area (Å²) in [6.45, 7) is 0. The zero-order chi connectivity index (χ0) is 14.3. The van der Waals surface area contributed by atoms with Gasteiger partial charge in [-0.3, -0.25) is 10.1 Å². The topological polar surface area (TPSA) is 87.9 Å². The van der Waals surface area contributed by atoms with Crippen molar-refractivity contribution in [2.24, 2.45) is 0 Å². The van der Waals surface area contributed by atoms with Gasteiger partial charge in [0.1, 0.15) is 10.7 Å². The first kappa shape index (κ1) is 12.4. The Morgan fingerprint density at radius 2 is 1.95 bits per heavy atom. The number of fused-ring (bicyclic) bond motifs is 1. The number of halogens is 1. The number of para-hydroxylation sites is 1. The minimum atomic E-state index is -0.637. The number of rotatable bonds is 2. The molecule has 8 heteroatoms. The van der Waals surface area contributed by atoms with E-state index in [0.29, 0.717) is 16.0 Å². The summed E-state index contributed by atoms with van der Waals surface area (Å²) in [6.07, 6.45) is 0. The summed E-state index contributed by atoms with van der Waals surface area (Å²) < 4.78 is 0. The second-order valence-electron chi connectivity index (χ2n) is 4.05. The van der Waals surface area contributed by atoms with Crippen molar-refractivity contribution in [2.75, 3.05) is 0 Å². The number of hydrogen-bond acceptors (Lipinski definition) is 4. The number of benzene rings is 2.